The molecule has 0 spiro atoms. The summed E-state index contributed by atoms with van der Waals surface area (Å²) in [6, 6.07) is 7.09. The molecule has 7 heteroatoms. The van der Waals surface area contributed by atoms with Crippen molar-refractivity contribution in [3.8, 4) is 22.2 Å². The van der Waals surface area contributed by atoms with Crippen molar-refractivity contribution in [1.82, 2.24) is 10.1 Å². The fraction of sp³-hybridized carbons (Fsp3) is 0. The first kappa shape index (κ1) is 12.5. The largest absolute Gasteiger partial charge is 0.397 e. The molecule has 3 aromatic rings. The number of nitrogens with zero attached hydrogens (tertiary/aromatic N) is 2. The zero-order valence-electron chi connectivity index (χ0n) is 9.43. The zero-order chi connectivity index (χ0) is 13.4. The van der Waals surface area contributed by atoms with E-state index in [2.05, 4.69) is 10.1 Å². The van der Waals surface area contributed by atoms with Gasteiger partial charge < -0.3 is 10.3 Å². The van der Waals surface area contributed by atoms with Crippen molar-refractivity contribution < 1.29 is 4.52 Å². The van der Waals surface area contributed by atoms with Crippen LogP contribution < -0.4 is 5.73 Å². The average molecular weight is 312 g/mol. The van der Waals surface area contributed by atoms with Crippen LogP contribution in [-0.2, 0) is 0 Å². The highest BCUT2D eigenvalue weighted by molar-refractivity contribution is 7.13. The van der Waals surface area contributed by atoms with Crippen LogP contribution in [0, 0.1) is 0 Å². The van der Waals surface area contributed by atoms with Crippen LogP contribution in [0.1, 0.15) is 0 Å². The fourth-order valence-electron chi connectivity index (χ4n) is 1.62. The second-order valence-corrected chi connectivity index (χ2v) is 5.48. The van der Waals surface area contributed by atoms with Gasteiger partial charge in [0.15, 0.2) is 0 Å². The molecule has 2 N–H and O–H groups in total. The molecular formula is C12H7Cl2N3OS. The number of nitrogens with two attached hydrogens (primary N) is 1. The maximum Gasteiger partial charge on any atom is 0.261 e. The van der Waals surface area contributed by atoms with Crippen LogP contribution in [-0.4, -0.2) is 10.1 Å². The Balaban J connectivity index is 2.11. The zero-order valence-corrected chi connectivity index (χ0v) is 11.8. The predicted octanol–water partition coefficient (Wildman–Crippen LogP) is 4.35. The summed E-state index contributed by atoms with van der Waals surface area (Å²) in [5.74, 6) is 0.758. The summed E-state index contributed by atoms with van der Waals surface area (Å²) in [6.45, 7) is 0. The van der Waals surface area contributed by atoms with E-state index in [1.54, 1.807) is 12.1 Å². The van der Waals surface area contributed by atoms with Gasteiger partial charge in [0.2, 0.25) is 5.82 Å². The molecule has 19 heavy (non-hydrogen) atoms. The Morgan fingerprint density at radius 1 is 1.16 bits per heavy atom. The first-order chi connectivity index (χ1) is 9.16. The maximum absolute atomic E-state index is 6.11. The molecule has 0 amide bonds. The highest BCUT2D eigenvalue weighted by atomic mass is 35.5. The molecule has 0 aliphatic rings. The van der Waals surface area contributed by atoms with Crippen LogP contribution in [0.15, 0.2) is 34.2 Å². The van der Waals surface area contributed by atoms with Crippen LogP contribution >= 0.6 is 34.5 Å². The van der Waals surface area contributed by atoms with E-state index >= 15 is 0 Å². The van der Waals surface area contributed by atoms with E-state index in [4.69, 9.17) is 33.5 Å². The van der Waals surface area contributed by atoms with Crippen LogP contribution in [0.2, 0.25) is 10.0 Å². The third-order valence-electron chi connectivity index (χ3n) is 2.52. The normalized spacial score (nSPS) is 10.8. The molecular weight excluding hydrogens is 305 g/mol. The molecule has 0 saturated heterocycles. The lowest BCUT2D eigenvalue weighted by molar-refractivity contribution is 0.432. The summed E-state index contributed by atoms with van der Waals surface area (Å²) in [7, 11) is 0. The Kier molecular flexibility index (Phi) is 3.18. The summed E-state index contributed by atoms with van der Waals surface area (Å²) >= 11 is 13.6. The van der Waals surface area contributed by atoms with Gasteiger partial charge in [-0.15, -0.1) is 11.3 Å². The van der Waals surface area contributed by atoms with Gasteiger partial charge in [0.05, 0.1) is 26.2 Å². The number of halogens is 2. The van der Waals surface area contributed by atoms with E-state index in [-0.39, 0.29) is 5.89 Å². The van der Waals surface area contributed by atoms with Crippen molar-refractivity contribution in [2.45, 2.75) is 0 Å². The molecule has 96 valence electrons. The summed E-state index contributed by atoms with van der Waals surface area (Å²) in [5, 5.41) is 6.67. The van der Waals surface area contributed by atoms with Gasteiger partial charge in [0, 0.05) is 0 Å². The molecule has 0 aliphatic carbocycles. The van der Waals surface area contributed by atoms with E-state index in [9.17, 15) is 0 Å². The van der Waals surface area contributed by atoms with Gasteiger partial charge in [0.1, 0.15) is 0 Å². The Labute approximate surface area is 122 Å². The third kappa shape index (κ3) is 2.20. The lowest BCUT2D eigenvalue weighted by Gasteiger charge is -2.04. The maximum atomic E-state index is 6.11. The molecule has 0 bridgehead atoms. The number of benzene rings is 1. The Bertz CT molecular complexity index is 725. The van der Waals surface area contributed by atoms with Gasteiger partial charge in [-0.05, 0) is 23.6 Å². The molecule has 3 rings (SSSR count). The van der Waals surface area contributed by atoms with Gasteiger partial charge in [-0.1, -0.05) is 34.4 Å². The smallest absolute Gasteiger partial charge is 0.261 e. The topological polar surface area (TPSA) is 64.9 Å². The summed E-state index contributed by atoms with van der Waals surface area (Å²) in [6.07, 6.45) is 0. The molecule has 4 nitrogen and oxygen atoms in total. The van der Waals surface area contributed by atoms with E-state index in [0.29, 0.717) is 27.1 Å². The number of aromatic nitrogens is 2. The standard InChI is InChI=1S/C12H7Cl2N3OS/c13-6-3-4-7(14)10(15)9(6)12-16-11(17-18-12)8-2-1-5-19-8/h1-5H,15H2. The van der Waals surface area contributed by atoms with Crippen LogP contribution in [0.5, 0.6) is 0 Å². The minimum atomic E-state index is 0.258. The van der Waals surface area contributed by atoms with Crippen molar-refractivity contribution in [3.05, 3.63) is 39.7 Å². The van der Waals surface area contributed by atoms with Crippen LogP contribution in [0.3, 0.4) is 0 Å². The van der Waals surface area contributed by atoms with Crippen molar-refractivity contribution in [2.24, 2.45) is 0 Å². The summed E-state index contributed by atoms with van der Waals surface area (Å²) in [5.41, 5.74) is 6.69. The molecule has 2 heterocycles. The number of hydrogen-bond acceptors (Lipinski definition) is 5. The van der Waals surface area contributed by atoms with Crippen molar-refractivity contribution in [2.75, 3.05) is 5.73 Å². The predicted molar refractivity (Wildman–Crippen MR) is 77.5 cm³/mol. The lowest BCUT2D eigenvalue weighted by Crippen LogP contribution is -1.92. The first-order valence-electron chi connectivity index (χ1n) is 5.28. The number of rotatable bonds is 2. The third-order valence-corrected chi connectivity index (χ3v) is 4.03. The summed E-state index contributed by atoms with van der Waals surface area (Å²) in [4.78, 5) is 5.20. The number of anilines is 1. The second kappa shape index (κ2) is 4.85. The van der Waals surface area contributed by atoms with E-state index in [1.807, 2.05) is 17.5 Å². The molecule has 0 saturated carbocycles. The SMILES string of the molecule is Nc1c(Cl)ccc(Cl)c1-c1nc(-c2cccs2)no1. The molecule has 0 unspecified atom stereocenters. The highest BCUT2D eigenvalue weighted by Gasteiger charge is 2.18. The molecule has 0 fully saturated rings. The Morgan fingerprint density at radius 3 is 2.68 bits per heavy atom. The van der Waals surface area contributed by atoms with Crippen LogP contribution in [0.25, 0.3) is 22.2 Å². The fourth-order valence-corrected chi connectivity index (χ4v) is 2.67. The number of thiophene rings is 1. The monoisotopic (exact) mass is 311 g/mol. The first-order valence-corrected chi connectivity index (χ1v) is 6.92. The van der Waals surface area contributed by atoms with Gasteiger partial charge in [-0.3, -0.25) is 0 Å². The average Bonchev–Trinajstić information content (AvgIpc) is 3.04. The lowest BCUT2D eigenvalue weighted by atomic mass is 10.2. The minimum Gasteiger partial charge on any atom is -0.397 e. The molecule has 0 radical (unpaired) electrons. The number of nitrogen functional groups attached to an aromatic ring is 1. The highest BCUT2D eigenvalue weighted by Crippen LogP contribution is 2.37. The van der Waals surface area contributed by atoms with E-state index in [0.717, 1.165) is 4.88 Å². The van der Waals surface area contributed by atoms with Gasteiger partial charge in [0.25, 0.3) is 5.89 Å². The van der Waals surface area contributed by atoms with Gasteiger partial charge >= 0.3 is 0 Å². The Morgan fingerprint density at radius 2 is 1.95 bits per heavy atom. The Hall–Kier alpha value is -1.56. The quantitative estimate of drug-likeness (QED) is 0.714. The molecule has 0 atom stereocenters. The molecule has 2 aromatic heterocycles. The summed E-state index contributed by atoms with van der Waals surface area (Å²) < 4.78 is 5.21. The second-order valence-electron chi connectivity index (χ2n) is 3.72. The minimum absolute atomic E-state index is 0.258. The molecule has 0 aliphatic heterocycles. The van der Waals surface area contributed by atoms with E-state index < -0.39 is 0 Å². The van der Waals surface area contributed by atoms with Gasteiger partial charge in [-0.2, -0.15) is 4.98 Å². The van der Waals surface area contributed by atoms with Crippen molar-refractivity contribution >= 4 is 40.2 Å². The molecule has 1 aromatic carbocycles. The van der Waals surface area contributed by atoms with Crippen LogP contribution in [0.4, 0.5) is 5.69 Å². The van der Waals surface area contributed by atoms with E-state index in [1.165, 1.54) is 11.3 Å². The number of hydrogen-bond donors (Lipinski definition) is 1. The van der Waals surface area contributed by atoms with Gasteiger partial charge in [-0.25, -0.2) is 0 Å². The van der Waals surface area contributed by atoms with Crippen molar-refractivity contribution in [1.29, 1.82) is 0 Å². The van der Waals surface area contributed by atoms with Crippen molar-refractivity contribution in [3.63, 3.8) is 0 Å².